The fourth-order valence-electron chi connectivity index (χ4n) is 6.95. The summed E-state index contributed by atoms with van der Waals surface area (Å²) >= 11 is 0. The molecule has 10 rings (SSSR count). The van der Waals surface area contributed by atoms with Gasteiger partial charge in [-0.2, -0.15) is 4.98 Å². The minimum atomic E-state index is 0.629. The monoisotopic (exact) mass is 509 g/mol. The molecule has 0 bridgehead atoms. The third kappa shape index (κ3) is 2.37. The van der Waals surface area contributed by atoms with Crippen LogP contribution in [0.25, 0.3) is 87.7 Å². The number of pyridine rings is 1. The van der Waals surface area contributed by atoms with Crippen LogP contribution in [0, 0.1) is 0 Å². The molecule has 0 N–H and O–H groups in total. The van der Waals surface area contributed by atoms with Gasteiger partial charge in [0.05, 0.1) is 27.6 Å². The summed E-state index contributed by atoms with van der Waals surface area (Å²) in [5.41, 5.74) is 6.60. The number of aromatic nitrogens is 5. The Balaban J connectivity index is 1.53. The molecule has 0 aliphatic rings. The van der Waals surface area contributed by atoms with Crippen molar-refractivity contribution in [3.05, 3.63) is 116 Å². The van der Waals surface area contributed by atoms with E-state index < -0.39 is 0 Å². The number of para-hydroxylation sites is 2. The second-order valence-electron chi connectivity index (χ2n) is 10.5. The maximum Gasteiger partial charge on any atom is 0.236 e. The Bertz CT molecular complexity index is 2660. The summed E-state index contributed by atoms with van der Waals surface area (Å²) in [5.74, 6) is 0.629. The molecule has 0 aliphatic heterocycles. The fraction of sp³-hybridized carbons (Fsp3) is 0. The molecule has 5 aromatic carbocycles. The Morgan fingerprint density at radius 1 is 0.500 bits per heavy atom. The molecule has 40 heavy (non-hydrogen) atoms. The van der Waals surface area contributed by atoms with Crippen molar-refractivity contribution < 1.29 is 0 Å². The van der Waals surface area contributed by atoms with E-state index in [-0.39, 0.29) is 0 Å². The minimum Gasteiger partial charge on any atom is -0.308 e. The summed E-state index contributed by atoms with van der Waals surface area (Å²) in [6.45, 7) is 0. The Kier molecular flexibility index (Phi) is 3.62. The van der Waals surface area contributed by atoms with E-state index in [9.17, 15) is 0 Å². The molecule has 0 radical (unpaired) electrons. The van der Waals surface area contributed by atoms with Gasteiger partial charge in [0.25, 0.3) is 0 Å². The van der Waals surface area contributed by atoms with Gasteiger partial charge in [0.15, 0.2) is 5.65 Å². The molecule has 5 aromatic heterocycles. The molecular weight excluding hydrogens is 490 g/mol. The lowest BCUT2D eigenvalue weighted by Crippen LogP contribution is -2.01. The minimum absolute atomic E-state index is 0.629. The second kappa shape index (κ2) is 7.10. The second-order valence-corrected chi connectivity index (χ2v) is 10.5. The lowest BCUT2D eigenvalue weighted by molar-refractivity contribution is 1.00. The predicted molar refractivity (Wildman–Crippen MR) is 164 cm³/mol. The van der Waals surface area contributed by atoms with Gasteiger partial charge < -0.3 is 4.40 Å². The third-order valence-electron chi connectivity index (χ3n) is 8.53. The van der Waals surface area contributed by atoms with E-state index in [0.29, 0.717) is 11.6 Å². The fourth-order valence-corrected chi connectivity index (χ4v) is 6.95. The summed E-state index contributed by atoms with van der Waals surface area (Å²) in [4.78, 5) is 14.3. The van der Waals surface area contributed by atoms with Gasteiger partial charge in [-0.15, -0.1) is 0 Å². The van der Waals surface area contributed by atoms with Gasteiger partial charge in [0.2, 0.25) is 5.95 Å². The van der Waals surface area contributed by atoms with E-state index in [1.54, 1.807) is 6.20 Å². The van der Waals surface area contributed by atoms with Crippen LogP contribution < -0.4 is 0 Å². The van der Waals surface area contributed by atoms with E-state index in [2.05, 4.69) is 105 Å². The molecule has 0 fully saturated rings. The van der Waals surface area contributed by atoms with Crippen LogP contribution in [0.1, 0.15) is 0 Å². The number of hydrogen-bond acceptors (Lipinski definition) is 3. The smallest absolute Gasteiger partial charge is 0.236 e. The van der Waals surface area contributed by atoms with Crippen LogP contribution >= 0.6 is 0 Å². The highest BCUT2D eigenvalue weighted by molar-refractivity contribution is 6.38. The number of rotatable bonds is 1. The van der Waals surface area contributed by atoms with Gasteiger partial charge >= 0.3 is 0 Å². The number of nitrogens with zero attached hydrogens (tertiary/aromatic N) is 5. The normalized spacial score (nSPS) is 12.5. The maximum atomic E-state index is 4.95. The van der Waals surface area contributed by atoms with Crippen LogP contribution in [0.2, 0.25) is 0 Å². The summed E-state index contributed by atoms with van der Waals surface area (Å²) in [7, 11) is 0. The summed E-state index contributed by atoms with van der Waals surface area (Å²) < 4.78 is 4.67. The van der Waals surface area contributed by atoms with Gasteiger partial charge in [0, 0.05) is 50.1 Å². The van der Waals surface area contributed by atoms with E-state index in [0.717, 1.165) is 16.4 Å². The molecule has 0 saturated carbocycles. The first-order valence-corrected chi connectivity index (χ1v) is 13.5. The van der Waals surface area contributed by atoms with Crippen LogP contribution in [-0.4, -0.2) is 23.9 Å². The summed E-state index contributed by atoms with van der Waals surface area (Å²) in [6, 6.07) is 36.9. The van der Waals surface area contributed by atoms with Gasteiger partial charge in [-0.25, -0.2) is 9.97 Å². The molecule has 0 spiro atoms. The topological polar surface area (TPSA) is 48.0 Å². The third-order valence-corrected chi connectivity index (χ3v) is 8.53. The highest BCUT2D eigenvalue weighted by Crippen LogP contribution is 2.47. The van der Waals surface area contributed by atoms with Crippen molar-refractivity contribution in [3.8, 4) is 5.95 Å². The molecule has 0 saturated heterocycles. The van der Waals surface area contributed by atoms with Crippen molar-refractivity contribution in [3.63, 3.8) is 0 Å². The molecule has 5 heteroatoms. The zero-order chi connectivity index (χ0) is 25.9. The number of benzene rings is 5. The van der Waals surface area contributed by atoms with Crippen molar-refractivity contribution >= 4 is 81.7 Å². The Labute approximate surface area is 226 Å². The average molecular weight is 510 g/mol. The molecule has 0 amide bonds. The highest BCUT2D eigenvalue weighted by Gasteiger charge is 2.25. The maximum absolute atomic E-state index is 4.95. The van der Waals surface area contributed by atoms with Crippen LogP contribution in [-0.2, 0) is 0 Å². The SMILES string of the molecule is c1cnc2nc(-n3c4ccccc4c4c5c6c7ccccc7ccc6n6c7ccccc7c(cc43)c56)ncc2c1. The van der Waals surface area contributed by atoms with Crippen LogP contribution in [0.15, 0.2) is 116 Å². The molecule has 0 unspecified atom stereocenters. The molecule has 5 heterocycles. The van der Waals surface area contributed by atoms with Crippen molar-refractivity contribution in [2.75, 3.05) is 0 Å². The first kappa shape index (κ1) is 20.4. The predicted octanol–water partition coefficient (Wildman–Crippen LogP) is 8.43. The van der Waals surface area contributed by atoms with Gasteiger partial charge in [-0.3, -0.25) is 4.57 Å². The Morgan fingerprint density at radius 2 is 1.25 bits per heavy atom. The van der Waals surface area contributed by atoms with Crippen molar-refractivity contribution in [1.29, 1.82) is 0 Å². The van der Waals surface area contributed by atoms with Crippen molar-refractivity contribution in [2.24, 2.45) is 0 Å². The van der Waals surface area contributed by atoms with E-state index in [1.807, 2.05) is 18.3 Å². The summed E-state index contributed by atoms with van der Waals surface area (Å²) in [5, 5.41) is 10.9. The molecule has 0 atom stereocenters. The van der Waals surface area contributed by atoms with Crippen molar-refractivity contribution in [1.82, 2.24) is 23.9 Å². The quantitative estimate of drug-likeness (QED) is 0.223. The first-order chi connectivity index (χ1) is 19.9. The van der Waals surface area contributed by atoms with Crippen molar-refractivity contribution in [2.45, 2.75) is 0 Å². The molecule has 184 valence electrons. The zero-order valence-corrected chi connectivity index (χ0v) is 21.2. The van der Waals surface area contributed by atoms with E-state index in [1.165, 1.54) is 59.6 Å². The highest BCUT2D eigenvalue weighted by atomic mass is 15.2. The van der Waals surface area contributed by atoms with E-state index in [4.69, 9.17) is 9.97 Å². The Hall–Kier alpha value is -5.55. The lowest BCUT2D eigenvalue weighted by Gasteiger charge is -2.07. The molecule has 0 aliphatic carbocycles. The van der Waals surface area contributed by atoms with Crippen LogP contribution in [0.4, 0.5) is 0 Å². The van der Waals surface area contributed by atoms with Gasteiger partial charge in [0.1, 0.15) is 0 Å². The lowest BCUT2D eigenvalue weighted by atomic mass is 9.98. The first-order valence-electron chi connectivity index (χ1n) is 13.5. The Morgan fingerprint density at radius 3 is 2.17 bits per heavy atom. The van der Waals surface area contributed by atoms with Gasteiger partial charge in [-0.1, -0.05) is 66.7 Å². The molecule has 10 aromatic rings. The molecule has 5 nitrogen and oxygen atoms in total. The molecular formula is C35H19N5. The largest absolute Gasteiger partial charge is 0.308 e. The average Bonchev–Trinajstić information content (AvgIpc) is 3.65. The van der Waals surface area contributed by atoms with Crippen LogP contribution in [0.3, 0.4) is 0 Å². The summed E-state index contributed by atoms with van der Waals surface area (Å²) in [6.07, 6.45) is 3.66. The standard InChI is InChI=1S/C35H19N5/c1-2-10-22-20(8-1)15-16-28-30(22)32-31-24-12-4-6-14-27(24)40(35-37-19-21-9-7-17-36-34(21)38-35)29(31)18-25-23-11-3-5-13-26(23)39(28)33(25)32/h1-19H. The number of fused-ring (bicyclic) bond motifs is 13. The van der Waals surface area contributed by atoms with Gasteiger partial charge in [-0.05, 0) is 47.2 Å². The van der Waals surface area contributed by atoms with E-state index >= 15 is 0 Å². The zero-order valence-electron chi connectivity index (χ0n) is 21.2. The number of hydrogen-bond donors (Lipinski definition) is 0. The van der Waals surface area contributed by atoms with Crippen LogP contribution in [0.5, 0.6) is 0 Å².